The van der Waals surface area contributed by atoms with Gasteiger partial charge in [-0.3, -0.25) is 5.41 Å². The number of amidine groups is 1. The lowest BCUT2D eigenvalue weighted by Gasteiger charge is -2.34. The SMILES string of the molecule is CN(CCCC(=N)N)CC1CC(O)C1. The molecule has 82 valence electrons. The van der Waals surface area contributed by atoms with Gasteiger partial charge in [0.2, 0.25) is 0 Å². The molecule has 0 heterocycles. The molecule has 4 nitrogen and oxygen atoms in total. The largest absolute Gasteiger partial charge is 0.393 e. The highest BCUT2D eigenvalue weighted by Crippen LogP contribution is 2.27. The molecule has 0 amide bonds. The van der Waals surface area contributed by atoms with E-state index < -0.39 is 0 Å². The summed E-state index contributed by atoms with van der Waals surface area (Å²) in [6.07, 6.45) is 3.51. The van der Waals surface area contributed by atoms with Gasteiger partial charge in [0, 0.05) is 13.0 Å². The maximum Gasteiger partial charge on any atom is 0.0905 e. The average Bonchev–Trinajstić information content (AvgIpc) is 2.00. The first kappa shape index (κ1) is 11.5. The molecule has 0 aromatic heterocycles. The van der Waals surface area contributed by atoms with Crippen LogP contribution < -0.4 is 5.73 Å². The molecule has 1 aliphatic carbocycles. The first-order valence-electron chi connectivity index (χ1n) is 5.27. The van der Waals surface area contributed by atoms with Crippen LogP contribution >= 0.6 is 0 Å². The van der Waals surface area contributed by atoms with E-state index in [1.165, 1.54) is 0 Å². The zero-order chi connectivity index (χ0) is 10.6. The lowest BCUT2D eigenvalue weighted by molar-refractivity contribution is 0.0283. The maximum absolute atomic E-state index is 9.12. The fraction of sp³-hybridized carbons (Fsp3) is 0.900. The normalized spacial score (nSPS) is 26.2. The van der Waals surface area contributed by atoms with Gasteiger partial charge in [-0.05, 0) is 38.8 Å². The van der Waals surface area contributed by atoms with Crippen LogP contribution in [0.25, 0.3) is 0 Å². The van der Waals surface area contributed by atoms with Crippen molar-refractivity contribution in [1.29, 1.82) is 5.41 Å². The van der Waals surface area contributed by atoms with Crippen LogP contribution in [0.5, 0.6) is 0 Å². The van der Waals surface area contributed by atoms with E-state index in [0.29, 0.717) is 12.3 Å². The molecule has 4 heteroatoms. The molecule has 0 spiro atoms. The molecule has 1 fully saturated rings. The first-order valence-corrected chi connectivity index (χ1v) is 5.27. The minimum atomic E-state index is -0.0504. The zero-order valence-electron chi connectivity index (χ0n) is 8.87. The Bertz CT molecular complexity index is 190. The van der Waals surface area contributed by atoms with E-state index >= 15 is 0 Å². The monoisotopic (exact) mass is 199 g/mol. The van der Waals surface area contributed by atoms with Crippen molar-refractivity contribution in [3.05, 3.63) is 0 Å². The molecule has 0 saturated heterocycles. The number of hydrogen-bond donors (Lipinski definition) is 3. The van der Waals surface area contributed by atoms with Crippen LogP contribution in [0.3, 0.4) is 0 Å². The predicted octanol–water partition coefficient (Wildman–Crippen LogP) is 0.405. The molecule has 0 aromatic carbocycles. The molecule has 1 aliphatic rings. The summed E-state index contributed by atoms with van der Waals surface area (Å²) in [4.78, 5) is 2.26. The predicted molar refractivity (Wildman–Crippen MR) is 57.4 cm³/mol. The Kier molecular flexibility index (Phi) is 4.35. The van der Waals surface area contributed by atoms with E-state index in [-0.39, 0.29) is 11.9 Å². The van der Waals surface area contributed by atoms with Crippen molar-refractivity contribution in [2.75, 3.05) is 20.1 Å². The van der Waals surface area contributed by atoms with Crippen molar-refractivity contribution >= 4 is 5.84 Å². The highest BCUT2D eigenvalue weighted by molar-refractivity contribution is 5.76. The molecule has 0 bridgehead atoms. The zero-order valence-corrected chi connectivity index (χ0v) is 8.87. The smallest absolute Gasteiger partial charge is 0.0905 e. The minimum absolute atomic E-state index is 0.0504. The van der Waals surface area contributed by atoms with E-state index in [2.05, 4.69) is 11.9 Å². The van der Waals surface area contributed by atoms with Gasteiger partial charge in [0.15, 0.2) is 0 Å². The Morgan fingerprint density at radius 2 is 2.21 bits per heavy atom. The highest BCUT2D eigenvalue weighted by atomic mass is 16.3. The van der Waals surface area contributed by atoms with Gasteiger partial charge in [0.1, 0.15) is 0 Å². The van der Waals surface area contributed by atoms with Crippen molar-refractivity contribution in [3.8, 4) is 0 Å². The molecule has 0 radical (unpaired) electrons. The Labute approximate surface area is 85.6 Å². The molecule has 0 atom stereocenters. The van der Waals surface area contributed by atoms with Gasteiger partial charge in [-0.25, -0.2) is 0 Å². The average molecular weight is 199 g/mol. The van der Waals surface area contributed by atoms with Gasteiger partial charge in [0.25, 0.3) is 0 Å². The fourth-order valence-corrected chi connectivity index (χ4v) is 1.92. The van der Waals surface area contributed by atoms with Crippen LogP contribution in [0.2, 0.25) is 0 Å². The Morgan fingerprint density at radius 1 is 1.57 bits per heavy atom. The Balaban J connectivity index is 1.99. The van der Waals surface area contributed by atoms with Gasteiger partial charge >= 0.3 is 0 Å². The molecule has 0 aliphatic heterocycles. The van der Waals surface area contributed by atoms with Crippen LogP contribution in [0.4, 0.5) is 0 Å². The van der Waals surface area contributed by atoms with Gasteiger partial charge in [-0.15, -0.1) is 0 Å². The second-order valence-electron chi connectivity index (χ2n) is 4.38. The number of nitrogens with one attached hydrogen (secondary N) is 1. The summed E-state index contributed by atoms with van der Waals surface area (Å²) < 4.78 is 0. The molecular formula is C10H21N3O. The summed E-state index contributed by atoms with van der Waals surface area (Å²) in [5, 5.41) is 16.2. The number of nitrogens with two attached hydrogens (primary N) is 1. The molecule has 4 N–H and O–H groups in total. The third-order valence-corrected chi connectivity index (χ3v) is 2.77. The summed E-state index contributed by atoms with van der Waals surface area (Å²) >= 11 is 0. The van der Waals surface area contributed by atoms with E-state index in [1.807, 2.05) is 0 Å². The second-order valence-corrected chi connectivity index (χ2v) is 4.38. The van der Waals surface area contributed by atoms with Crippen LogP contribution in [0.1, 0.15) is 25.7 Å². The summed E-state index contributed by atoms with van der Waals surface area (Å²) in [5.41, 5.74) is 5.27. The standard InChI is InChI=1S/C10H21N3O/c1-13(4-2-3-10(11)12)7-8-5-9(14)6-8/h8-9,14H,2-7H2,1H3,(H3,11,12). The van der Waals surface area contributed by atoms with E-state index in [4.69, 9.17) is 16.2 Å². The molecule has 14 heavy (non-hydrogen) atoms. The number of nitrogens with zero attached hydrogens (tertiary/aromatic N) is 1. The summed E-state index contributed by atoms with van der Waals surface area (Å²) in [7, 11) is 2.09. The van der Waals surface area contributed by atoms with Crippen molar-refractivity contribution in [2.45, 2.75) is 31.8 Å². The minimum Gasteiger partial charge on any atom is -0.393 e. The Morgan fingerprint density at radius 3 is 2.71 bits per heavy atom. The first-order chi connectivity index (χ1) is 6.58. The molecule has 1 saturated carbocycles. The van der Waals surface area contributed by atoms with E-state index in [0.717, 1.165) is 32.4 Å². The van der Waals surface area contributed by atoms with Gasteiger partial charge in [-0.1, -0.05) is 0 Å². The fourth-order valence-electron chi connectivity index (χ4n) is 1.92. The second kappa shape index (κ2) is 5.32. The molecule has 0 aromatic rings. The lowest BCUT2D eigenvalue weighted by atomic mass is 9.82. The van der Waals surface area contributed by atoms with E-state index in [9.17, 15) is 0 Å². The van der Waals surface area contributed by atoms with Gasteiger partial charge in [0.05, 0.1) is 11.9 Å². The summed E-state index contributed by atoms with van der Waals surface area (Å²) in [6.45, 7) is 2.06. The molecular weight excluding hydrogens is 178 g/mol. The number of hydrogen-bond acceptors (Lipinski definition) is 3. The number of rotatable bonds is 6. The Hall–Kier alpha value is -0.610. The van der Waals surface area contributed by atoms with Gasteiger partial charge in [-0.2, -0.15) is 0 Å². The lowest BCUT2D eigenvalue weighted by Crippen LogP contribution is -2.37. The van der Waals surface area contributed by atoms with Crippen LogP contribution in [0, 0.1) is 11.3 Å². The van der Waals surface area contributed by atoms with Crippen molar-refractivity contribution < 1.29 is 5.11 Å². The topological polar surface area (TPSA) is 73.3 Å². The van der Waals surface area contributed by atoms with E-state index in [1.54, 1.807) is 0 Å². The number of aliphatic hydroxyl groups is 1. The highest BCUT2D eigenvalue weighted by Gasteiger charge is 2.27. The van der Waals surface area contributed by atoms with Gasteiger partial charge < -0.3 is 15.7 Å². The maximum atomic E-state index is 9.12. The van der Waals surface area contributed by atoms with Crippen molar-refractivity contribution in [2.24, 2.45) is 11.7 Å². The summed E-state index contributed by atoms with van der Waals surface area (Å²) in [6, 6.07) is 0. The third kappa shape index (κ3) is 4.07. The van der Waals surface area contributed by atoms with Crippen molar-refractivity contribution in [1.82, 2.24) is 4.90 Å². The van der Waals surface area contributed by atoms with Crippen molar-refractivity contribution in [3.63, 3.8) is 0 Å². The van der Waals surface area contributed by atoms with Crippen LogP contribution in [0.15, 0.2) is 0 Å². The van der Waals surface area contributed by atoms with Crippen LogP contribution in [-0.4, -0.2) is 42.1 Å². The molecule has 1 rings (SSSR count). The number of aliphatic hydroxyl groups excluding tert-OH is 1. The quantitative estimate of drug-likeness (QED) is 0.428. The third-order valence-electron chi connectivity index (χ3n) is 2.77. The summed E-state index contributed by atoms with van der Waals surface area (Å²) in [5.74, 6) is 0.949. The van der Waals surface area contributed by atoms with Crippen LogP contribution in [-0.2, 0) is 0 Å². The molecule has 0 unspecified atom stereocenters.